The van der Waals surface area contributed by atoms with Crippen LogP contribution in [-0.4, -0.2) is 50.7 Å². The van der Waals surface area contributed by atoms with Gasteiger partial charge in [0, 0.05) is 12.6 Å². The number of carbonyl (C=O) groups is 1. The molecule has 0 aromatic heterocycles. The second-order valence-electron chi connectivity index (χ2n) is 6.32. The van der Waals surface area contributed by atoms with Crippen molar-refractivity contribution in [2.75, 3.05) is 33.9 Å². The van der Waals surface area contributed by atoms with Crippen molar-refractivity contribution in [1.29, 1.82) is 0 Å². The topological polar surface area (TPSA) is 50.8 Å². The van der Waals surface area contributed by atoms with Crippen molar-refractivity contribution in [3.05, 3.63) is 59.7 Å². The smallest absolute Gasteiger partial charge is 0.255 e. The Morgan fingerprint density at radius 3 is 2.30 bits per heavy atom. The molecular formula is C22H30N2O3. The first-order valence-electron chi connectivity index (χ1n) is 9.41. The van der Waals surface area contributed by atoms with Crippen LogP contribution in [0.25, 0.3) is 0 Å². The van der Waals surface area contributed by atoms with Gasteiger partial charge in [0.05, 0.1) is 19.8 Å². The highest BCUT2D eigenvalue weighted by molar-refractivity contribution is 5.97. The fourth-order valence-electron chi connectivity index (χ4n) is 3.33. The lowest BCUT2D eigenvalue weighted by molar-refractivity contribution is 0.0931. The van der Waals surface area contributed by atoms with E-state index in [1.54, 1.807) is 32.4 Å². The number of para-hydroxylation sites is 1. The summed E-state index contributed by atoms with van der Waals surface area (Å²) in [5.41, 5.74) is 1.75. The van der Waals surface area contributed by atoms with E-state index in [-0.39, 0.29) is 11.9 Å². The van der Waals surface area contributed by atoms with E-state index in [4.69, 9.17) is 9.47 Å². The molecule has 1 N–H and O–H groups in total. The number of hydrogen-bond acceptors (Lipinski definition) is 4. The Morgan fingerprint density at radius 2 is 1.70 bits per heavy atom. The van der Waals surface area contributed by atoms with Crippen LogP contribution in [0.15, 0.2) is 48.5 Å². The van der Waals surface area contributed by atoms with Crippen molar-refractivity contribution in [3.63, 3.8) is 0 Å². The number of carbonyl (C=O) groups excluding carboxylic acids is 1. The first-order chi connectivity index (χ1) is 13.1. The average Bonchev–Trinajstić information content (AvgIpc) is 2.72. The van der Waals surface area contributed by atoms with Crippen LogP contribution in [0.1, 0.15) is 29.8 Å². The molecule has 0 fully saturated rings. The molecule has 27 heavy (non-hydrogen) atoms. The van der Waals surface area contributed by atoms with Crippen LogP contribution in [-0.2, 0) is 6.42 Å². The molecule has 0 aliphatic carbocycles. The molecule has 1 atom stereocenters. The molecule has 2 aromatic rings. The number of nitrogens with zero attached hydrogens (tertiary/aromatic N) is 1. The van der Waals surface area contributed by atoms with Crippen molar-refractivity contribution in [2.45, 2.75) is 26.3 Å². The van der Waals surface area contributed by atoms with Crippen LogP contribution in [0.3, 0.4) is 0 Å². The largest absolute Gasteiger partial charge is 0.493 e. The summed E-state index contributed by atoms with van der Waals surface area (Å²) in [7, 11) is 3.11. The molecule has 146 valence electrons. The van der Waals surface area contributed by atoms with Crippen molar-refractivity contribution >= 4 is 5.91 Å². The van der Waals surface area contributed by atoms with Gasteiger partial charge in [0.1, 0.15) is 0 Å². The van der Waals surface area contributed by atoms with Gasteiger partial charge in [-0.05, 0) is 37.2 Å². The van der Waals surface area contributed by atoms with Crippen molar-refractivity contribution in [3.8, 4) is 11.5 Å². The van der Waals surface area contributed by atoms with Crippen LogP contribution in [0.2, 0.25) is 0 Å². The van der Waals surface area contributed by atoms with E-state index in [0.29, 0.717) is 23.6 Å². The Kier molecular flexibility index (Phi) is 8.14. The monoisotopic (exact) mass is 370 g/mol. The molecule has 5 nitrogen and oxygen atoms in total. The van der Waals surface area contributed by atoms with Gasteiger partial charge in [0.2, 0.25) is 0 Å². The minimum absolute atomic E-state index is 0.157. The van der Waals surface area contributed by atoms with Crippen molar-refractivity contribution in [1.82, 2.24) is 10.2 Å². The minimum Gasteiger partial charge on any atom is -0.493 e. The number of nitrogens with one attached hydrogen (secondary N) is 1. The van der Waals surface area contributed by atoms with Gasteiger partial charge in [-0.15, -0.1) is 0 Å². The van der Waals surface area contributed by atoms with E-state index in [0.717, 1.165) is 19.5 Å². The normalized spacial score (nSPS) is 11.9. The lowest BCUT2D eigenvalue weighted by atomic mass is 10.0. The van der Waals surface area contributed by atoms with Gasteiger partial charge in [-0.25, -0.2) is 0 Å². The molecule has 0 aliphatic heterocycles. The number of hydrogen-bond donors (Lipinski definition) is 1. The Labute approximate surface area is 162 Å². The zero-order valence-electron chi connectivity index (χ0n) is 16.7. The minimum atomic E-state index is -0.157. The van der Waals surface area contributed by atoms with E-state index in [2.05, 4.69) is 36.2 Å². The van der Waals surface area contributed by atoms with Gasteiger partial charge in [0.25, 0.3) is 5.91 Å². The quantitative estimate of drug-likeness (QED) is 0.697. The number of rotatable bonds is 10. The number of benzene rings is 2. The van der Waals surface area contributed by atoms with Crippen LogP contribution in [0, 0.1) is 0 Å². The fraction of sp³-hybridized carbons (Fsp3) is 0.409. The first-order valence-corrected chi connectivity index (χ1v) is 9.41. The summed E-state index contributed by atoms with van der Waals surface area (Å²) in [5.74, 6) is 0.852. The Morgan fingerprint density at radius 1 is 1.00 bits per heavy atom. The van der Waals surface area contributed by atoms with Crippen molar-refractivity contribution < 1.29 is 14.3 Å². The number of amides is 1. The summed E-state index contributed by atoms with van der Waals surface area (Å²) in [4.78, 5) is 15.2. The van der Waals surface area contributed by atoms with Crippen LogP contribution in [0.5, 0.6) is 11.5 Å². The molecule has 0 spiro atoms. The van der Waals surface area contributed by atoms with Gasteiger partial charge in [-0.2, -0.15) is 0 Å². The van der Waals surface area contributed by atoms with E-state index in [1.807, 2.05) is 18.2 Å². The summed E-state index contributed by atoms with van der Waals surface area (Å²) >= 11 is 0. The van der Waals surface area contributed by atoms with Crippen LogP contribution in [0.4, 0.5) is 0 Å². The Hall–Kier alpha value is -2.53. The molecule has 2 rings (SSSR count). The molecule has 0 aliphatic rings. The zero-order chi connectivity index (χ0) is 19.6. The van der Waals surface area contributed by atoms with Gasteiger partial charge in [-0.3, -0.25) is 9.69 Å². The summed E-state index contributed by atoms with van der Waals surface area (Å²) in [6.45, 7) is 6.73. The SMILES string of the molecule is CCN(CC)[C@@H](CNC(=O)c1cccc(OC)c1OC)Cc1ccccc1. The molecule has 5 heteroatoms. The van der Waals surface area contributed by atoms with E-state index in [9.17, 15) is 4.79 Å². The molecule has 0 unspecified atom stereocenters. The summed E-state index contributed by atoms with van der Waals surface area (Å²) in [6, 6.07) is 15.9. The van der Waals surface area contributed by atoms with Gasteiger partial charge < -0.3 is 14.8 Å². The highest BCUT2D eigenvalue weighted by atomic mass is 16.5. The first kappa shape index (κ1) is 20.8. The third-order valence-corrected chi connectivity index (χ3v) is 4.79. The molecule has 0 bridgehead atoms. The van der Waals surface area contributed by atoms with Crippen molar-refractivity contribution in [2.24, 2.45) is 0 Å². The molecule has 2 aromatic carbocycles. The fourth-order valence-corrected chi connectivity index (χ4v) is 3.33. The Balaban J connectivity index is 2.13. The summed E-state index contributed by atoms with van der Waals surface area (Å²) < 4.78 is 10.7. The summed E-state index contributed by atoms with van der Waals surface area (Å²) in [6.07, 6.45) is 0.887. The Bertz CT molecular complexity index is 715. The second-order valence-corrected chi connectivity index (χ2v) is 6.32. The van der Waals surface area contributed by atoms with E-state index in [1.165, 1.54) is 5.56 Å². The lowest BCUT2D eigenvalue weighted by Gasteiger charge is -2.30. The third-order valence-electron chi connectivity index (χ3n) is 4.79. The third kappa shape index (κ3) is 5.47. The highest BCUT2D eigenvalue weighted by Gasteiger charge is 2.20. The van der Waals surface area contributed by atoms with Gasteiger partial charge >= 0.3 is 0 Å². The predicted molar refractivity (Wildman–Crippen MR) is 109 cm³/mol. The summed E-state index contributed by atoms with van der Waals surface area (Å²) in [5, 5.41) is 3.08. The number of methoxy groups -OCH3 is 2. The predicted octanol–water partition coefficient (Wildman–Crippen LogP) is 3.39. The average molecular weight is 370 g/mol. The van der Waals surface area contributed by atoms with Gasteiger partial charge in [-0.1, -0.05) is 50.2 Å². The highest BCUT2D eigenvalue weighted by Crippen LogP contribution is 2.30. The molecule has 0 saturated heterocycles. The van der Waals surface area contributed by atoms with E-state index < -0.39 is 0 Å². The molecule has 0 heterocycles. The maximum absolute atomic E-state index is 12.8. The lowest BCUT2D eigenvalue weighted by Crippen LogP contribution is -2.45. The zero-order valence-corrected chi connectivity index (χ0v) is 16.7. The van der Waals surface area contributed by atoms with Crippen LogP contribution >= 0.6 is 0 Å². The maximum atomic E-state index is 12.8. The molecule has 0 radical (unpaired) electrons. The van der Waals surface area contributed by atoms with Gasteiger partial charge in [0.15, 0.2) is 11.5 Å². The number of ether oxygens (including phenoxy) is 2. The van der Waals surface area contributed by atoms with Crippen LogP contribution < -0.4 is 14.8 Å². The maximum Gasteiger partial charge on any atom is 0.255 e. The number of likely N-dealkylation sites (N-methyl/N-ethyl adjacent to an activating group) is 1. The van der Waals surface area contributed by atoms with E-state index >= 15 is 0 Å². The molecule has 0 saturated carbocycles. The second kappa shape index (κ2) is 10.6. The molecule has 1 amide bonds. The molecular weight excluding hydrogens is 340 g/mol. The standard InChI is InChI=1S/C22H30N2O3/c1-5-24(6-2)18(15-17-11-8-7-9-12-17)16-23-22(25)19-13-10-14-20(26-3)21(19)27-4/h7-14,18H,5-6,15-16H2,1-4H3,(H,23,25)/t18-/m1/s1.